The van der Waals surface area contributed by atoms with Crippen LogP contribution in [0.4, 0.5) is 5.69 Å². The number of nitrogens with zero attached hydrogens (tertiary/aromatic N) is 1. The van der Waals surface area contributed by atoms with Gasteiger partial charge in [-0.25, -0.2) is 0 Å². The van der Waals surface area contributed by atoms with Crippen LogP contribution in [0.1, 0.15) is 18.1 Å². The van der Waals surface area contributed by atoms with Crippen molar-refractivity contribution in [1.82, 2.24) is 0 Å². The van der Waals surface area contributed by atoms with Gasteiger partial charge in [-0.3, -0.25) is 9.13 Å². The molecule has 0 saturated heterocycles. The first-order valence-electron chi connectivity index (χ1n) is 7.53. The van der Waals surface area contributed by atoms with Gasteiger partial charge in [0.15, 0.2) is 0 Å². The molecule has 3 unspecified atom stereocenters. The first-order valence-corrected chi connectivity index (χ1v) is 10.8. The third-order valence-corrected chi connectivity index (χ3v) is 9.61. The number of fused-ring (bicyclic) bond motifs is 1. The highest BCUT2D eigenvalue weighted by molar-refractivity contribution is 7.55. The van der Waals surface area contributed by atoms with E-state index in [1.54, 1.807) is 0 Å². The van der Waals surface area contributed by atoms with Gasteiger partial charge in [-0.1, -0.05) is 25.1 Å². The third kappa shape index (κ3) is 2.98. The Labute approximate surface area is 143 Å². The molecule has 1 aliphatic rings. The van der Waals surface area contributed by atoms with Gasteiger partial charge in [-0.2, -0.15) is 0 Å². The molecule has 0 saturated carbocycles. The van der Waals surface area contributed by atoms with E-state index in [0.29, 0.717) is 0 Å². The maximum Gasteiger partial charge on any atom is 0.352 e. The summed E-state index contributed by atoms with van der Waals surface area (Å²) in [5.41, 5.74) is 1.05. The van der Waals surface area contributed by atoms with E-state index in [1.165, 1.54) is 28.4 Å². The van der Waals surface area contributed by atoms with Crippen LogP contribution < -0.4 is 4.90 Å². The second-order valence-corrected chi connectivity index (χ2v) is 10.4. The Kier molecular flexibility index (Phi) is 5.96. The highest BCUT2D eigenvalue weighted by atomic mass is 31.2. The van der Waals surface area contributed by atoms with Crippen LogP contribution in [0.2, 0.25) is 0 Å². The molecular weight excluding hydrogens is 352 g/mol. The number of rotatable bonds is 6. The van der Waals surface area contributed by atoms with Crippen molar-refractivity contribution < 1.29 is 27.2 Å². The van der Waals surface area contributed by atoms with Crippen LogP contribution in [0, 0.1) is 5.92 Å². The van der Waals surface area contributed by atoms with E-state index in [9.17, 15) is 9.13 Å². The molecule has 9 heteroatoms. The van der Waals surface area contributed by atoms with E-state index < -0.39 is 26.6 Å². The summed E-state index contributed by atoms with van der Waals surface area (Å²) in [5.74, 6) is -0.979. The number of anilines is 1. The number of benzene rings is 1. The van der Waals surface area contributed by atoms with Crippen LogP contribution >= 0.6 is 15.2 Å². The van der Waals surface area contributed by atoms with Gasteiger partial charge in [0.2, 0.25) is 0 Å². The minimum absolute atomic E-state index is 0.360. The fourth-order valence-corrected chi connectivity index (χ4v) is 7.47. The molecule has 0 N–H and O–H groups in total. The van der Waals surface area contributed by atoms with Crippen molar-refractivity contribution in [3.05, 3.63) is 29.8 Å². The van der Waals surface area contributed by atoms with Crippen molar-refractivity contribution in [3.63, 3.8) is 0 Å². The molecule has 136 valence electrons. The minimum Gasteiger partial charge on any atom is -0.360 e. The zero-order valence-corrected chi connectivity index (χ0v) is 16.6. The minimum atomic E-state index is -3.46. The Balaban J connectivity index is 2.70. The Morgan fingerprint density at radius 2 is 1.42 bits per heavy atom. The highest BCUT2D eigenvalue weighted by Gasteiger charge is 2.54. The Morgan fingerprint density at radius 3 is 1.92 bits per heavy atom. The maximum atomic E-state index is 13.2. The van der Waals surface area contributed by atoms with Crippen LogP contribution in [0.25, 0.3) is 0 Å². The lowest BCUT2D eigenvalue weighted by atomic mass is 9.93. The van der Waals surface area contributed by atoms with Crippen LogP contribution in [0.15, 0.2) is 24.3 Å². The lowest BCUT2D eigenvalue weighted by Gasteiger charge is -2.46. The summed E-state index contributed by atoms with van der Waals surface area (Å²) in [6.07, 6.45) is 0. The quantitative estimate of drug-likeness (QED) is 0.691. The molecule has 3 atom stereocenters. The smallest absolute Gasteiger partial charge is 0.352 e. The van der Waals surface area contributed by atoms with E-state index in [-0.39, 0.29) is 5.92 Å². The summed E-state index contributed by atoms with van der Waals surface area (Å²) in [7, 11) is 0.336. The van der Waals surface area contributed by atoms with E-state index in [0.717, 1.165) is 11.3 Å². The summed E-state index contributed by atoms with van der Waals surface area (Å²) >= 11 is 0. The maximum absolute atomic E-state index is 13.2. The predicted molar refractivity (Wildman–Crippen MR) is 93.8 cm³/mol. The van der Waals surface area contributed by atoms with E-state index in [1.807, 2.05) is 43.1 Å². The first kappa shape index (κ1) is 19.6. The Hall–Kier alpha value is -0.680. The average Bonchev–Trinajstić information content (AvgIpc) is 2.61. The van der Waals surface area contributed by atoms with Crippen molar-refractivity contribution in [2.75, 3.05) is 40.4 Å². The number of hydrogen-bond acceptors (Lipinski definition) is 7. The lowest BCUT2D eigenvalue weighted by Crippen LogP contribution is -2.44. The molecule has 0 amide bonds. The molecule has 0 spiro atoms. The zero-order valence-electron chi connectivity index (χ0n) is 14.8. The van der Waals surface area contributed by atoms with E-state index in [2.05, 4.69) is 0 Å². The summed E-state index contributed by atoms with van der Waals surface area (Å²) in [6, 6.07) is 7.51. The number of para-hydroxylation sites is 1. The Morgan fingerprint density at radius 1 is 0.917 bits per heavy atom. The fourth-order valence-electron chi connectivity index (χ4n) is 3.55. The van der Waals surface area contributed by atoms with Gasteiger partial charge in [-0.05, 0) is 11.6 Å². The van der Waals surface area contributed by atoms with Crippen LogP contribution in [0.3, 0.4) is 0 Å². The second kappa shape index (κ2) is 7.28. The van der Waals surface area contributed by atoms with Gasteiger partial charge in [0, 0.05) is 47.1 Å². The summed E-state index contributed by atoms with van der Waals surface area (Å²) in [4.78, 5) is 1.86. The van der Waals surface area contributed by atoms with Gasteiger partial charge in [0.1, 0.15) is 5.78 Å². The first-order chi connectivity index (χ1) is 11.3. The van der Waals surface area contributed by atoms with Gasteiger partial charge in [0.25, 0.3) is 0 Å². The van der Waals surface area contributed by atoms with Crippen LogP contribution in [0.5, 0.6) is 0 Å². The van der Waals surface area contributed by atoms with Crippen molar-refractivity contribution in [2.45, 2.75) is 18.4 Å². The van der Waals surface area contributed by atoms with Gasteiger partial charge < -0.3 is 23.0 Å². The van der Waals surface area contributed by atoms with Crippen molar-refractivity contribution in [1.29, 1.82) is 0 Å². The van der Waals surface area contributed by atoms with Crippen molar-refractivity contribution >= 4 is 20.9 Å². The molecular formula is C15H25NO6P2. The fraction of sp³-hybridized carbons (Fsp3) is 0.600. The van der Waals surface area contributed by atoms with Crippen molar-refractivity contribution in [2.24, 2.45) is 5.92 Å². The Bertz CT molecular complexity index is 666. The summed E-state index contributed by atoms with van der Waals surface area (Å²) in [5, 5.41) is 0. The highest BCUT2D eigenvalue weighted by Crippen LogP contribution is 2.70. The molecule has 0 aliphatic carbocycles. The average molecular weight is 377 g/mol. The molecule has 1 aliphatic heterocycles. The molecule has 1 heterocycles. The zero-order chi connectivity index (χ0) is 18.1. The number of hydrogen-bond donors (Lipinski definition) is 0. The SMILES string of the molecule is COP(=O)(OC)C1c2ccccc2N(C)C(P(=O)(OC)OC)C1C. The van der Waals surface area contributed by atoms with Crippen LogP contribution in [-0.4, -0.2) is 41.3 Å². The molecule has 0 fully saturated rings. The second-order valence-electron chi connectivity index (χ2n) is 5.70. The van der Waals surface area contributed by atoms with Crippen molar-refractivity contribution in [3.8, 4) is 0 Å². The molecule has 0 aromatic heterocycles. The molecule has 0 bridgehead atoms. The molecule has 2 rings (SSSR count). The summed E-state index contributed by atoms with van der Waals surface area (Å²) in [6.45, 7) is 1.86. The molecule has 0 radical (unpaired) electrons. The van der Waals surface area contributed by atoms with E-state index in [4.69, 9.17) is 18.1 Å². The van der Waals surface area contributed by atoms with E-state index >= 15 is 0 Å². The standard InChI is InChI=1S/C15H25NO6P2/c1-11-14(23(17,19-3)20-4)12-9-7-8-10-13(12)16(2)15(11)24(18,21-5)22-6/h7-11,14-15H,1-6H3. The lowest BCUT2D eigenvalue weighted by molar-refractivity contribution is 0.232. The topological polar surface area (TPSA) is 74.3 Å². The molecule has 1 aromatic carbocycles. The molecule has 24 heavy (non-hydrogen) atoms. The van der Waals surface area contributed by atoms with Crippen LogP contribution in [-0.2, 0) is 27.2 Å². The normalized spacial score (nSPS) is 24.8. The third-order valence-electron chi connectivity index (χ3n) is 4.68. The molecule has 7 nitrogen and oxygen atoms in total. The monoisotopic (exact) mass is 377 g/mol. The van der Waals surface area contributed by atoms with Gasteiger partial charge >= 0.3 is 15.2 Å². The summed E-state index contributed by atoms with van der Waals surface area (Å²) < 4.78 is 47.3. The van der Waals surface area contributed by atoms with Gasteiger partial charge in [0.05, 0.1) is 5.66 Å². The predicted octanol–water partition coefficient (Wildman–Crippen LogP) is 4.11. The largest absolute Gasteiger partial charge is 0.360 e. The molecule has 1 aromatic rings. The van der Waals surface area contributed by atoms with Gasteiger partial charge in [-0.15, -0.1) is 0 Å².